The number of carbonyl (C=O) groups is 2. The molecule has 0 saturated carbocycles. The van der Waals surface area contributed by atoms with Gasteiger partial charge in [0.1, 0.15) is 11.6 Å². The van der Waals surface area contributed by atoms with E-state index in [1.807, 2.05) is 36.4 Å². The van der Waals surface area contributed by atoms with Gasteiger partial charge in [-0.05, 0) is 53.4 Å². The molecule has 0 bridgehead atoms. The number of hydrogen-bond donors (Lipinski definition) is 1. The van der Waals surface area contributed by atoms with Crippen molar-refractivity contribution in [2.75, 3.05) is 19.0 Å². The van der Waals surface area contributed by atoms with Crippen molar-refractivity contribution in [1.82, 2.24) is 4.90 Å². The van der Waals surface area contributed by atoms with Crippen molar-refractivity contribution in [3.63, 3.8) is 0 Å². The number of hydrogen-bond acceptors (Lipinski definition) is 3. The quantitative estimate of drug-likeness (QED) is 0.648. The van der Waals surface area contributed by atoms with E-state index in [1.165, 1.54) is 12.1 Å². The number of ether oxygens (including phenoxy) is 1. The van der Waals surface area contributed by atoms with E-state index in [9.17, 15) is 14.0 Å². The molecule has 1 heterocycles. The highest BCUT2D eigenvalue weighted by Gasteiger charge is 2.24. The summed E-state index contributed by atoms with van der Waals surface area (Å²) in [6.07, 6.45) is 1.08. The number of benzene rings is 3. The van der Waals surface area contributed by atoms with Crippen LogP contribution in [0.25, 0.3) is 0 Å². The zero-order chi connectivity index (χ0) is 21.8. The Balaban J connectivity index is 1.49. The molecule has 1 N–H and O–H groups in total. The van der Waals surface area contributed by atoms with Crippen molar-refractivity contribution in [2.24, 2.45) is 0 Å². The van der Waals surface area contributed by atoms with Gasteiger partial charge in [0, 0.05) is 19.2 Å². The predicted molar refractivity (Wildman–Crippen MR) is 116 cm³/mol. The summed E-state index contributed by atoms with van der Waals surface area (Å²) in [5, 5.41) is 2.83. The Bertz CT molecular complexity index is 1080. The van der Waals surface area contributed by atoms with Gasteiger partial charge in [-0.3, -0.25) is 9.59 Å². The molecule has 0 radical (unpaired) electrons. The smallest absolute Gasteiger partial charge is 0.261 e. The number of aryl methyl sites for hydroxylation is 1. The van der Waals surface area contributed by atoms with Crippen molar-refractivity contribution < 1.29 is 18.7 Å². The van der Waals surface area contributed by atoms with Gasteiger partial charge in [0.25, 0.3) is 5.91 Å². The molecule has 0 spiro atoms. The minimum Gasteiger partial charge on any atom is -0.484 e. The largest absolute Gasteiger partial charge is 0.484 e. The van der Waals surface area contributed by atoms with Crippen LogP contribution in [0.15, 0.2) is 72.8 Å². The molecule has 1 aliphatic heterocycles. The number of rotatable bonds is 6. The van der Waals surface area contributed by atoms with Gasteiger partial charge in [-0.2, -0.15) is 0 Å². The molecule has 0 unspecified atom stereocenters. The zero-order valence-corrected chi connectivity index (χ0v) is 17.2. The van der Waals surface area contributed by atoms with Gasteiger partial charge in [0.2, 0.25) is 5.91 Å². The number of anilines is 1. The third kappa shape index (κ3) is 4.74. The number of amides is 2. The zero-order valence-electron chi connectivity index (χ0n) is 17.2. The molecule has 4 rings (SSSR count). The van der Waals surface area contributed by atoms with Gasteiger partial charge in [-0.15, -0.1) is 0 Å². The number of nitrogens with one attached hydrogen (secondary N) is 1. The average molecular weight is 418 g/mol. The molecular weight excluding hydrogens is 395 g/mol. The molecule has 5 nitrogen and oxygen atoms in total. The molecule has 0 fully saturated rings. The minimum atomic E-state index is -0.364. The summed E-state index contributed by atoms with van der Waals surface area (Å²) in [4.78, 5) is 26.1. The summed E-state index contributed by atoms with van der Waals surface area (Å²) >= 11 is 0. The Morgan fingerprint density at radius 3 is 2.48 bits per heavy atom. The Morgan fingerprint density at radius 2 is 1.74 bits per heavy atom. The van der Waals surface area contributed by atoms with Crippen LogP contribution in [-0.2, 0) is 16.0 Å². The Kier molecular flexibility index (Phi) is 5.98. The van der Waals surface area contributed by atoms with Crippen LogP contribution in [0.5, 0.6) is 5.75 Å². The molecule has 0 saturated heterocycles. The van der Waals surface area contributed by atoms with Crippen LogP contribution < -0.4 is 10.1 Å². The molecule has 0 aliphatic carbocycles. The van der Waals surface area contributed by atoms with Gasteiger partial charge >= 0.3 is 0 Å². The van der Waals surface area contributed by atoms with Crippen molar-refractivity contribution in [3.8, 4) is 5.75 Å². The van der Waals surface area contributed by atoms with Crippen LogP contribution in [0.2, 0.25) is 0 Å². The molecule has 0 aromatic heterocycles. The predicted octanol–water partition coefficient (Wildman–Crippen LogP) is 4.34. The average Bonchev–Trinajstić information content (AvgIpc) is 2.79. The summed E-state index contributed by atoms with van der Waals surface area (Å²) in [5.74, 6) is 0.0566. The number of halogens is 1. The Morgan fingerprint density at radius 1 is 1.03 bits per heavy atom. The fourth-order valence-electron chi connectivity index (χ4n) is 3.76. The van der Waals surface area contributed by atoms with E-state index in [-0.39, 0.29) is 30.3 Å². The highest BCUT2D eigenvalue weighted by molar-refractivity contribution is 5.94. The van der Waals surface area contributed by atoms with Crippen LogP contribution in [0.3, 0.4) is 0 Å². The van der Waals surface area contributed by atoms with E-state index in [1.54, 1.807) is 36.2 Å². The molecule has 6 heteroatoms. The van der Waals surface area contributed by atoms with E-state index in [4.69, 9.17) is 4.74 Å². The first-order valence-corrected chi connectivity index (χ1v) is 10.1. The van der Waals surface area contributed by atoms with Gasteiger partial charge in [-0.1, -0.05) is 42.5 Å². The maximum absolute atomic E-state index is 13.4. The van der Waals surface area contributed by atoms with Crippen LogP contribution >= 0.6 is 0 Å². The van der Waals surface area contributed by atoms with Crippen LogP contribution in [0, 0.1) is 5.82 Å². The Hall–Kier alpha value is -3.67. The fourth-order valence-corrected chi connectivity index (χ4v) is 3.76. The van der Waals surface area contributed by atoms with E-state index in [0.29, 0.717) is 18.6 Å². The maximum Gasteiger partial charge on any atom is 0.261 e. The minimum absolute atomic E-state index is 0.00529. The molecule has 31 heavy (non-hydrogen) atoms. The number of carbonyl (C=O) groups excluding carboxylic acids is 2. The van der Waals surface area contributed by atoms with E-state index in [2.05, 4.69) is 5.32 Å². The second-order valence-electron chi connectivity index (χ2n) is 7.53. The lowest BCUT2D eigenvalue weighted by atomic mass is 9.97. The standard InChI is InChI=1S/C25H23FN2O3/c1-28(25(17-5-3-2-4-6-17)18-7-10-20(26)11-8-18)24(30)16-31-21-12-13-22-19(15-21)9-14-23(29)27-22/h2-8,10-13,15,25H,9,14,16H2,1H3,(H,27,29)/t25-/m1/s1. The summed E-state index contributed by atoms with van der Waals surface area (Å²) in [6, 6.07) is 20.8. The molecule has 3 aromatic rings. The number of likely N-dealkylation sites (N-methyl/N-ethyl adjacent to an activating group) is 1. The van der Waals surface area contributed by atoms with Gasteiger partial charge < -0.3 is 15.0 Å². The monoisotopic (exact) mass is 418 g/mol. The Labute approximate surface area is 180 Å². The van der Waals surface area contributed by atoms with E-state index >= 15 is 0 Å². The maximum atomic E-state index is 13.4. The second-order valence-corrected chi connectivity index (χ2v) is 7.53. The van der Waals surface area contributed by atoms with Gasteiger partial charge in [0.15, 0.2) is 6.61 Å². The van der Waals surface area contributed by atoms with Crippen molar-refractivity contribution in [3.05, 3.63) is 95.3 Å². The third-order valence-electron chi connectivity index (χ3n) is 5.42. The van der Waals surface area contributed by atoms with Crippen LogP contribution in [0.1, 0.15) is 29.2 Å². The molecule has 3 aromatic carbocycles. The topological polar surface area (TPSA) is 58.6 Å². The van der Waals surface area contributed by atoms with E-state index in [0.717, 1.165) is 22.4 Å². The summed E-state index contributed by atoms with van der Waals surface area (Å²) in [7, 11) is 1.72. The second kappa shape index (κ2) is 9.00. The molecule has 1 atom stereocenters. The summed E-state index contributed by atoms with van der Waals surface area (Å²) in [5.41, 5.74) is 3.52. The van der Waals surface area contributed by atoms with Gasteiger partial charge in [-0.25, -0.2) is 4.39 Å². The van der Waals surface area contributed by atoms with E-state index < -0.39 is 0 Å². The molecule has 2 amide bonds. The normalized spacial score (nSPS) is 13.7. The van der Waals surface area contributed by atoms with Crippen molar-refractivity contribution in [2.45, 2.75) is 18.9 Å². The lowest BCUT2D eigenvalue weighted by Gasteiger charge is -2.29. The number of fused-ring (bicyclic) bond motifs is 1. The summed E-state index contributed by atoms with van der Waals surface area (Å²) < 4.78 is 19.2. The van der Waals surface area contributed by atoms with Crippen molar-refractivity contribution in [1.29, 1.82) is 0 Å². The highest BCUT2D eigenvalue weighted by atomic mass is 19.1. The lowest BCUT2D eigenvalue weighted by molar-refractivity contribution is -0.133. The first-order chi connectivity index (χ1) is 15.0. The number of nitrogens with zero attached hydrogens (tertiary/aromatic N) is 1. The first-order valence-electron chi connectivity index (χ1n) is 10.1. The molecular formula is C25H23FN2O3. The van der Waals surface area contributed by atoms with Gasteiger partial charge in [0.05, 0.1) is 6.04 Å². The van der Waals surface area contributed by atoms with Crippen LogP contribution in [0.4, 0.5) is 10.1 Å². The highest BCUT2D eigenvalue weighted by Crippen LogP contribution is 2.29. The van der Waals surface area contributed by atoms with Crippen LogP contribution in [-0.4, -0.2) is 30.4 Å². The summed E-state index contributed by atoms with van der Waals surface area (Å²) in [6.45, 7) is -0.133. The lowest BCUT2D eigenvalue weighted by Crippen LogP contribution is -2.35. The van der Waals surface area contributed by atoms with Crippen molar-refractivity contribution >= 4 is 17.5 Å². The fraction of sp³-hybridized carbons (Fsp3) is 0.200. The molecule has 1 aliphatic rings. The first kappa shape index (κ1) is 20.6. The molecule has 158 valence electrons. The SMILES string of the molecule is CN(C(=O)COc1ccc2c(c1)CCC(=O)N2)[C@H](c1ccccc1)c1ccc(F)cc1. The third-order valence-corrected chi connectivity index (χ3v) is 5.42.